The van der Waals surface area contributed by atoms with Crippen LogP contribution < -0.4 is 4.90 Å². The van der Waals surface area contributed by atoms with E-state index in [0.29, 0.717) is 0 Å². The Balaban J connectivity index is 1.72. The molecular weight excluding hydrogens is 338 g/mol. The van der Waals surface area contributed by atoms with Gasteiger partial charge in [-0.05, 0) is 25.0 Å². The van der Waals surface area contributed by atoms with Gasteiger partial charge in [-0.2, -0.15) is 0 Å². The third-order valence-electron chi connectivity index (χ3n) is 5.59. The van der Waals surface area contributed by atoms with E-state index < -0.39 is 0 Å². The number of aryl methyl sites for hydroxylation is 1. The molecule has 1 amide bonds. The zero-order chi connectivity index (χ0) is 19.0. The van der Waals surface area contributed by atoms with Crippen LogP contribution in [0.4, 0.5) is 5.82 Å². The van der Waals surface area contributed by atoms with Gasteiger partial charge in [0.2, 0.25) is 5.91 Å². The first-order valence-electron chi connectivity index (χ1n) is 9.41. The van der Waals surface area contributed by atoms with E-state index in [-0.39, 0.29) is 5.91 Å². The Morgan fingerprint density at radius 2 is 1.74 bits per heavy atom. The smallest absolute Gasteiger partial charge is 0.219 e. The van der Waals surface area contributed by atoms with Gasteiger partial charge in [-0.15, -0.1) is 0 Å². The van der Waals surface area contributed by atoms with Crippen molar-refractivity contribution in [1.29, 1.82) is 0 Å². The highest BCUT2D eigenvalue weighted by Crippen LogP contribution is 2.31. The molecule has 0 unspecified atom stereocenters. The Morgan fingerprint density at radius 1 is 1.04 bits per heavy atom. The van der Waals surface area contributed by atoms with Crippen LogP contribution in [0.5, 0.6) is 0 Å². The van der Waals surface area contributed by atoms with Crippen molar-refractivity contribution in [3.8, 4) is 0 Å². The summed E-state index contributed by atoms with van der Waals surface area (Å²) in [5.41, 5.74) is 4.68. The highest BCUT2D eigenvalue weighted by atomic mass is 16.2. The number of hydrogen-bond acceptors (Lipinski definition) is 4. The molecule has 6 heteroatoms. The van der Waals surface area contributed by atoms with E-state index in [1.54, 1.807) is 13.3 Å². The van der Waals surface area contributed by atoms with Gasteiger partial charge >= 0.3 is 0 Å². The topological polar surface area (TPSA) is 54.3 Å². The van der Waals surface area contributed by atoms with Gasteiger partial charge < -0.3 is 14.4 Å². The summed E-state index contributed by atoms with van der Waals surface area (Å²) in [6, 6.07) is 10.5. The maximum Gasteiger partial charge on any atom is 0.219 e. The summed E-state index contributed by atoms with van der Waals surface area (Å²) in [5.74, 6) is 1.12. The van der Waals surface area contributed by atoms with Crippen LogP contribution in [0, 0.1) is 13.8 Å². The molecular formula is C21H25N5O. The van der Waals surface area contributed by atoms with E-state index in [0.717, 1.165) is 49.6 Å². The molecule has 3 heterocycles. The van der Waals surface area contributed by atoms with E-state index in [2.05, 4.69) is 57.5 Å². The lowest BCUT2D eigenvalue weighted by molar-refractivity contribution is -0.129. The number of carbonyl (C=O) groups is 1. The average Bonchev–Trinajstić information content (AvgIpc) is 2.94. The van der Waals surface area contributed by atoms with E-state index in [4.69, 9.17) is 0 Å². The molecule has 3 aromatic rings. The van der Waals surface area contributed by atoms with Crippen molar-refractivity contribution >= 4 is 22.8 Å². The Labute approximate surface area is 159 Å². The maximum atomic E-state index is 11.6. The van der Waals surface area contributed by atoms with Gasteiger partial charge in [-0.3, -0.25) is 4.79 Å². The number of benzene rings is 1. The largest absolute Gasteiger partial charge is 0.352 e. The van der Waals surface area contributed by atoms with Crippen molar-refractivity contribution < 1.29 is 4.79 Å². The van der Waals surface area contributed by atoms with Gasteiger partial charge in [0, 0.05) is 45.3 Å². The molecule has 1 saturated heterocycles. The molecule has 0 radical (unpaired) electrons. The van der Waals surface area contributed by atoms with Gasteiger partial charge in [0.05, 0.1) is 5.39 Å². The van der Waals surface area contributed by atoms with Crippen molar-refractivity contribution in [2.75, 3.05) is 31.1 Å². The molecule has 0 atom stereocenters. The molecule has 0 bridgehead atoms. The maximum absolute atomic E-state index is 11.6. The van der Waals surface area contributed by atoms with E-state index in [1.165, 1.54) is 16.8 Å². The first-order valence-corrected chi connectivity index (χ1v) is 9.41. The highest BCUT2D eigenvalue weighted by molar-refractivity contribution is 5.92. The Morgan fingerprint density at radius 3 is 2.41 bits per heavy atom. The Hall–Kier alpha value is -2.89. The monoisotopic (exact) mass is 363 g/mol. The third kappa shape index (κ3) is 3.16. The fourth-order valence-electron chi connectivity index (χ4n) is 3.88. The number of hydrogen-bond donors (Lipinski definition) is 0. The lowest BCUT2D eigenvalue weighted by Crippen LogP contribution is -2.48. The standard InChI is InChI=1S/C21H25N5O/c1-15-16(2)26(13-18-7-5-4-6-8-18)21-19(15)20(22-14-23-21)25-11-9-24(10-12-25)17(3)27/h4-8,14H,9-13H2,1-3H3. The molecule has 1 aromatic carbocycles. The molecule has 0 spiro atoms. The number of piperazine rings is 1. The van der Waals surface area contributed by atoms with Crippen LogP contribution in [0.15, 0.2) is 36.7 Å². The summed E-state index contributed by atoms with van der Waals surface area (Å²) in [7, 11) is 0. The SMILES string of the molecule is CC(=O)N1CCN(c2ncnc3c2c(C)c(C)n3Cc2ccccc2)CC1. The van der Waals surface area contributed by atoms with Crippen molar-refractivity contribution in [2.24, 2.45) is 0 Å². The number of rotatable bonds is 3. The van der Waals surface area contributed by atoms with Gasteiger partial charge in [0.1, 0.15) is 17.8 Å². The van der Waals surface area contributed by atoms with Crippen molar-refractivity contribution in [1.82, 2.24) is 19.4 Å². The zero-order valence-electron chi connectivity index (χ0n) is 16.1. The average molecular weight is 363 g/mol. The predicted octanol–water partition coefficient (Wildman–Crippen LogP) is 2.76. The predicted molar refractivity (Wildman–Crippen MR) is 107 cm³/mol. The van der Waals surface area contributed by atoms with Crippen LogP contribution in [0.1, 0.15) is 23.7 Å². The van der Waals surface area contributed by atoms with Crippen LogP contribution in [-0.4, -0.2) is 51.5 Å². The number of anilines is 1. The van der Waals surface area contributed by atoms with Gasteiger partial charge in [-0.1, -0.05) is 30.3 Å². The molecule has 4 rings (SSSR count). The van der Waals surface area contributed by atoms with Gasteiger partial charge in [0.15, 0.2) is 0 Å². The van der Waals surface area contributed by atoms with Crippen LogP contribution >= 0.6 is 0 Å². The minimum absolute atomic E-state index is 0.142. The minimum atomic E-state index is 0.142. The molecule has 6 nitrogen and oxygen atoms in total. The third-order valence-corrected chi connectivity index (χ3v) is 5.59. The quantitative estimate of drug-likeness (QED) is 0.718. The lowest BCUT2D eigenvalue weighted by atomic mass is 10.2. The van der Waals surface area contributed by atoms with E-state index in [9.17, 15) is 4.79 Å². The molecule has 2 aromatic heterocycles. The number of fused-ring (bicyclic) bond motifs is 1. The molecule has 1 fully saturated rings. The number of nitrogens with zero attached hydrogens (tertiary/aromatic N) is 5. The van der Waals surface area contributed by atoms with Gasteiger partial charge in [0.25, 0.3) is 0 Å². The summed E-state index contributed by atoms with van der Waals surface area (Å²) in [6.45, 7) is 9.81. The van der Waals surface area contributed by atoms with Crippen LogP contribution in [0.25, 0.3) is 11.0 Å². The summed E-state index contributed by atoms with van der Waals surface area (Å²) in [6.07, 6.45) is 1.66. The van der Waals surface area contributed by atoms with Crippen LogP contribution in [0.3, 0.4) is 0 Å². The van der Waals surface area contributed by atoms with E-state index in [1.807, 2.05) is 11.0 Å². The number of carbonyl (C=O) groups excluding carboxylic acids is 1. The minimum Gasteiger partial charge on any atom is -0.352 e. The van der Waals surface area contributed by atoms with Crippen LogP contribution in [-0.2, 0) is 11.3 Å². The van der Waals surface area contributed by atoms with Crippen molar-refractivity contribution in [3.05, 3.63) is 53.5 Å². The molecule has 0 aliphatic carbocycles. The van der Waals surface area contributed by atoms with E-state index >= 15 is 0 Å². The first kappa shape index (κ1) is 17.5. The molecule has 0 N–H and O–H groups in total. The molecule has 1 aliphatic rings. The number of amides is 1. The first-order chi connectivity index (χ1) is 13.1. The van der Waals surface area contributed by atoms with Crippen molar-refractivity contribution in [3.63, 3.8) is 0 Å². The second-order valence-electron chi connectivity index (χ2n) is 7.17. The molecule has 27 heavy (non-hydrogen) atoms. The normalized spacial score (nSPS) is 14.8. The number of aromatic nitrogens is 3. The lowest BCUT2D eigenvalue weighted by Gasteiger charge is -2.35. The van der Waals surface area contributed by atoms with Gasteiger partial charge in [-0.25, -0.2) is 9.97 Å². The molecule has 140 valence electrons. The summed E-state index contributed by atoms with van der Waals surface area (Å²) in [5, 5.41) is 1.13. The fourth-order valence-corrected chi connectivity index (χ4v) is 3.88. The molecule has 0 saturated carbocycles. The summed E-state index contributed by atoms with van der Waals surface area (Å²) in [4.78, 5) is 25.0. The second kappa shape index (κ2) is 7.02. The highest BCUT2D eigenvalue weighted by Gasteiger charge is 2.24. The van der Waals surface area contributed by atoms with Crippen molar-refractivity contribution in [2.45, 2.75) is 27.3 Å². The summed E-state index contributed by atoms with van der Waals surface area (Å²) < 4.78 is 2.27. The fraction of sp³-hybridized carbons (Fsp3) is 0.381. The Kier molecular flexibility index (Phi) is 4.56. The van der Waals surface area contributed by atoms with Crippen LogP contribution in [0.2, 0.25) is 0 Å². The Bertz CT molecular complexity index is 971. The second-order valence-corrected chi connectivity index (χ2v) is 7.17. The summed E-state index contributed by atoms with van der Waals surface area (Å²) >= 11 is 0. The molecule has 1 aliphatic heterocycles. The zero-order valence-corrected chi connectivity index (χ0v) is 16.1.